The van der Waals surface area contributed by atoms with Crippen molar-refractivity contribution in [2.24, 2.45) is 0 Å². The Morgan fingerprint density at radius 3 is 2.59 bits per heavy atom. The molecule has 1 aliphatic heterocycles. The smallest absolute Gasteiger partial charge is 0.314 e. The lowest BCUT2D eigenvalue weighted by Gasteiger charge is -2.32. The Kier molecular flexibility index (Phi) is 4.79. The molecule has 1 N–H and O–H groups in total. The Morgan fingerprint density at radius 1 is 1.41 bits per heavy atom. The number of piperazine rings is 1. The lowest BCUT2D eigenvalue weighted by Crippen LogP contribution is -2.52. The van der Waals surface area contributed by atoms with E-state index in [1.165, 1.54) is 4.31 Å². The maximum atomic E-state index is 11.9. The van der Waals surface area contributed by atoms with E-state index in [1.54, 1.807) is 6.92 Å². The van der Waals surface area contributed by atoms with Crippen LogP contribution in [-0.2, 0) is 10.0 Å². The lowest BCUT2D eigenvalue weighted by molar-refractivity contribution is -0.134. The first-order valence-electron chi connectivity index (χ1n) is 5.49. The number of rotatable bonds is 4. The van der Waals surface area contributed by atoms with Gasteiger partial charge in [0.2, 0.25) is 10.0 Å². The van der Waals surface area contributed by atoms with Crippen LogP contribution in [0.5, 0.6) is 0 Å². The maximum absolute atomic E-state index is 11.9. The molecule has 0 aromatic carbocycles. The number of sulfonamides is 1. The summed E-state index contributed by atoms with van der Waals surface area (Å²) in [4.78, 5) is 0. The number of hydrogen-bond donors (Lipinski definition) is 1. The predicted octanol–water partition coefficient (Wildman–Crippen LogP) is 0.952. The number of nitrogens with one attached hydrogen (secondary N) is 1. The summed E-state index contributed by atoms with van der Waals surface area (Å²) in [6.45, 7) is 3.16. The lowest BCUT2D eigenvalue weighted by atomic mass is 10.3. The fourth-order valence-corrected chi connectivity index (χ4v) is 3.54. The van der Waals surface area contributed by atoms with E-state index in [0.29, 0.717) is 19.6 Å². The molecule has 102 valence electrons. The fourth-order valence-electron chi connectivity index (χ4n) is 1.81. The van der Waals surface area contributed by atoms with Crippen LogP contribution in [-0.4, -0.2) is 50.3 Å². The van der Waals surface area contributed by atoms with Gasteiger partial charge < -0.3 is 5.32 Å². The van der Waals surface area contributed by atoms with Crippen molar-refractivity contribution in [1.82, 2.24) is 9.62 Å². The van der Waals surface area contributed by atoms with Crippen molar-refractivity contribution in [2.75, 3.05) is 25.4 Å². The Bertz CT molecular complexity index is 343. The van der Waals surface area contributed by atoms with Crippen LogP contribution in [0.15, 0.2) is 0 Å². The van der Waals surface area contributed by atoms with E-state index in [4.69, 9.17) is 0 Å². The minimum atomic E-state index is -4.29. The van der Waals surface area contributed by atoms with E-state index in [0.717, 1.165) is 0 Å². The van der Waals surface area contributed by atoms with Gasteiger partial charge in [0.1, 0.15) is 0 Å². The van der Waals surface area contributed by atoms with Gasteiger partial charge in [-0.1, -0.05) is 0 Å². The minimum absolute atomic E-state index is 0.195. The Hall–Kier alpha value is -0.340. The van der Waals surface area contributed by atoms with Crippen LogP contribution >= 0.6 is 0 Å². The molecule has 0 bridgehead atoms. The zero-order valence-corrected chi connectivity index (χ0v) is 10.4. The SMILES string of the molecule is C[C@H]1CNCCN1S(=O)(=O)CCCC(F)(F)F. The average molecular weight is 274 g/mol. The summed E-state index contributed by atoms with van der Waals surface area (Å²) in [7, 11) is -3.56. The highest BCUT2D eigenvalue weighted by Crippen LogP contribution is 2.22. The van der Waals surface area contributed by atoms with Crippen LogP contribution in [0.1, 0.15) is 19.8 Å². The normalized spacial score (nSPS) is 23.9. The molecule has 8 heteroatoms. The van der Waals surface area contributed by atoms with Crippen LogP contribution in [0, 0.1) is 0 Å². The second-order valence-corrected chi connectivity index (χ2v) is 6.24. The fraction of sp³-hybridized carbons (Fsp3) is 1.00. The Labute approximate surface area is 99.2 Å². The monoisotopic (exact) mass is 274 g/mol. The largest absolute Gasteiger partial charge is 0.389 e. The van der Waals surface area contributed by atoms with E-state index in [2.05, 4.69) is 5.32 Å². The first kappa shape index (κ1) is 14.7. The van der Waals surface area contributed by atoms with Crippen molar-refractivity contribution < 1.29 is 21.6 Å². The number of nitrogens with zero attached hydrogens (tertiary/aromatic N) is 1. The molecular formula is C9H17F3N2O2S. The van der Waals surface area contributed by atoms with Crippen LogP contribution in [0.25, 0.3) is 0 Å². The summed E-state index contributed by atoms with van der Waals surface area (Å²) in [5, 5.41) is 3.03. The summed E-state index contributed by atoms with van der Waals surface area (Å²) in [6, 6.07) is -0.195. The zero-order valence-electron chi connectivity index (χ0n) is 9.63. The quantitative estimate of drug-likeness (QED) is 0.830. The average Bonchev–Trinajstić information content (AvgIpc) is 2.15. The zero-order chi connectivity index (χ0) is 13.1. The molecule has 0 radical (unpaired) electrons. The van der Waals surface area contributed by atoms with Gasteiger partial charge in [-0.2, -0.15) is 17.5 Å². The molecule has 0 unspecified atom stereocenters. The Morgan fingerprint density at radius 2 is 2.06 bits per heavy atom. The third-order valence-corrected chi connectivity index (χ3v) is 4.72. The van der Waals surface area contributed by atoms with Gasteiger partial charge in [0.25, 0.3) is 0 Å². The van der Waals surface area contributed by atoms with Gasteiger partial charge in [-0.25, -0.2) is 8.42 Å². The minimum Gasteiger partial charge on any atom is -0.314 e. The molecule has 0 aliphatic carbocycles. The highest BCUT2D eigenvalue weighted by atomic mass is 32.2. The molecule has 1 fully saturated rings. The van der Waals surface area contributed by atoms with Gasteiger partial charge in [0.05, 0.1) is 5.75 Å². The highest BCUT2D eigenvalue weighted by Gasteiger charge is 2.31. The van der Waals surface area contributed by atoms with Crippen molar-refractivity contribution in [2.45, 2.75) is 32.0 Å². The van der Waals surface area contributed by atoms with E-state index in [9.17, 15) is 21.6 Å². The summed E-state index contributed by atoms with van der Waals surface area (Å²) < 4.78 is 60.7. The summed E-state index contributed by atoms with van der Waals surface area (Å²) in [5.74, 6) is -0.434. The number of hydrogen-bond acceptors (Lipinski definition) is 3. The molecule has 1 heterocycles. The first-order chi connectivity index (χ1) is 7.72. The van der Waals surface area contributed by atoms with Crippen LogP contribution in [0.3, 0.4) is 0 Å². The van der Waals surface area contributed by atoms with E-state index < -0.39 is 28.4 Å². The van der Waals surface area contributed by atoms with Crippen molar-refractivity contribution in [1.29, 1.82) is 0 Å². The molecule has 1 atom stereocenters. The van der Waals surface area contributed by atoms with Crippen LogP contribution in [0.4, 0.5) is 13.2 Å². The maximum Gasteiger partial charge on any atom is 0.389 e. The van der Waals surface area contributed by atoms with E-state index in [1.807, 2.05) is 0 Å². The summed E-state index contributed by atoms with van der Waals surface area (Å²) in [6.07, 6.45) is -5.71. The molecule has 0 saturated carbocycles. The van der Waals surface area contributed by atoms with Crippen molar-refractivity contribution in [3.8, 4) is 0 Å². The molecule has 17 heavy (non-hydrogen) atoms. The predicted molar refractivity (Wildman–Crippen MR) is 58.1 cm³/mol. The second kappa shape index (κ2) is 5.53. The third kappa shape index (κ3) is 4.81. The molecular weight excluding hydrogens is 257 g/mol. The van der Waals surface area contributed by atoms with E-state index >= 15 is 0 Å². The highest BCUT2D eigenvalue weighted by molar-refractivity contribution is 7.89. The summed E-state index contributed by atoms with van der Waals surface area (Å²) >= 11 is 0. The van der Waals surface area contributed by atoms with Gasteiger partial charge in [-0.15, -0.1) is 0 Å². The molecule has 1 rings (SSSR count). The number of alkyl halides is 3. The molecule has 0 spiro atoms. The molecule has 0 aromatic heterocycles. The van der Waals surface area contributed by atoms with Crippen LogP contribution in [0.2, 0.25) is 0 Å². The molecule has 1 saturated heterocycles. The Balaban J connectivity index is 2.50. The third-order valence-electron chi connectivity index (χ3n) is 2.66. The van der Waals surface area contributed by atoms with Gasteiger partial charge >= 0.3 is 6.18 Å². The molecule has 0 amide bonds. The van der Waals surface area contributed by atoms with Crippen molar-refractivity contribution in [3.05, 3.63) is 0 Å². The van der Waals surface area contributed by atoms with Gasteiger partial charge in [0.15, 0.2) is 0 Å². The molecule has 4 nitrogen and oxygen atoms in total. The second-order valence-electron chi connectivity index (χ2n) is 4.20. The van der Waals surface area contributed by atoms with Gasteiger partial charge in [-0.3, -0.25) is 0 Å². The summed E-state index contributed by atoms with van der Waals surface area (Å²) in [5.41, 5.74) is 0. The van der Waals surface area contributed by atoms with Crippen molar-refractivity contribution in [3.63, 3.8) is 0 Å². The van der Waals surface area contributed by atoms with Gasteiger partial charge in [-0.05, 0) is 13.3 Å². The molecule has 0 aromatic rings. The van der Waals surface area contributed by atoms with Crippen LogP contribution < -0.4 is 5.32 Å². The topological polar surface area (TPSA) is 49.4 Å². The van der Waals surface area contributed by atoms with Gasteiger partial charge in [0, 0.05) is 32.1 Å². The first-order valence-corrected chi connectivity index (χ1v) is 7.10. The van der Waals surface area contributed by atoms with E-state index in [-0.39, 0.29) is 12.5 Å². The molecule has 1 aliphatic rings. The standard InChI is InChI=1S/C9H17F3N2O2S/c1-8-7-13-4-5-14(8)17(15,16)6-2-3-9(10,11)12/h8,13H,2-7H2,1H3/t8-/m0/s1. The van der Waals surface area contributed by atoms with Crippen molar-refractivity contribution >= 4 is 10.0 Å². The number of halogens is 3.